The molecule has 2 aromatic rings. The van der Waals surface area contributed by atoms with Crippen molar-refractivity contribution in [3.8, 4) is 0 Å². The molecule has 2 fully saturated rings. The molecule has 6 heteroatoms. The number of fused-ring (bicyclic) bond motifs is 2. The molecule has 1 aromatic heterocycles. The summed E-state index contributed by atoms with van der Waals surface area (Å²) in [6, 6.07) is 7.95. The van der Waals surface area contributed by atoms with E-state index < -0.39 is 0 Å². The van der Waals surface area contributed by atoms with Crippen LogP contribution in [0.1, 0.15) is 44.3 Å². The molecule has 28 heavy (non-hydrogen) atoms. The largest absolute Gasteiger partial charge is 0.345 e. The number of aromatic amines is 1. The van der Waals surface area contributed by atoms with E-state index in [1.54, 1.807) is 6.07 Å². The van der Waals surface area contributed by atoms with Crippen LogP contribution in [-0.2, 0) is 11.2 Å². The number of benzene rings is 1. The van der Waals surface area contributed by atoms with Crippen molar-refractivity contribution in [2.45, 2.75) is 51.0 Å². The Bertz CT molecular complexity index is 891. The first-order valence-electron chi connectivity index (χ1n) is 10.6. The summed E-state index contributed by atoms with van der Waals surface area (Å²) < 4.78 is 0. The zero-order valence-electron chi connectivity index (χ0n) is 16.7. The monoisotopic (exact) mass is 382 g/mol. The van der Waals surface area contributed by atoms with Gasteiger partial charge in [0.2, 0.25) is 5.91 Å². The van der Waals surface area contributed by atoms with Gasteiger partial charge in [0.1, 0.15) is 5.82 Å². The fourth-order valence-electron chi connectivity index (χ4n) is 4.91. The van der Waals surface area contributed by atoms with Crippen LogP contribution in [0.15, 0.2) is 29.1 Å². The molecule has 3 heterocycles. The number of H-pyrrole nitrogens is 1. The number of amides is 1. The molecule has 1 aromatic carbocycles. The van der Waals surface area contributed by atoms with Crippen molar-refractivity contribution >= 4 is 16.8 Å². The second kappa shape index (κ2) is 8.43. The maximum Gasteiger partial charge on any atom is 0.258 e. The van der Waals surface area contributed by atoms with Gasteiger partial charge in [0, 0.05) is 32.5 Å². The Morgan fingerprint density at radius 1 is 1.21 bits per heavy atom. The van der Waals surface area contributed by atoms with Crippen molar-refractivity contribution in [1.29, 1.82) is 0 Å². The molecule has 0 radical (unpaired) electrons. The summed E-state index contributed by atoms with van der Waals surface area (Å²) in [4.78, 5) is 36.7. The molecular weight excluding hydrogens is 352 g/mol. The number of aromatic nitrogens is 2. The number of rotatable bonds is 5. The molecule has 2 saturated heterocycles. The Kier molecular flexibility index (Phi) is 5.76. The van der Waals surface area contributed by atoms with Gasteiger partial charge in [-0.3, -0.25) is 9.59 Å². The minimum atomic E-state index is -0.138. The van der Waals surface area contributed by atoms with Gasteiger partial charge in [-0.15, -0.1) is 0 Å². The average molecular weight is 383 g/mol. The molecule has 4 rings (SSSR count). The van der Waals surface area contributed by atoms with E-state index in [0.717, 1.165) is 6.54 Å². The second-order valence-corrected chi connectivity index (χ2v) is 8.31. The van der Waals surface area contributed by atoms with Gasteiger partial charge in [-0.2, -0.15) is 0 Å². The lowest BCUT2D eigenvalue weighted by molar-refractivity contribution is -0.131. The summed E-state index contributed by atoms with van der Waals surface area (Å²) >= 11 is 0. The smallest absolute Gasteiger partial charge is 0.258 e. The first-order valence-corrected chi connectivity index (χ1v) is 10.6. The predicted octanol–water partition coefficient (Wildman–Crippen LogP) is 2.58. The second-order valence-electron chi connectivity index (χ2n) is 8.31. The Labute approximate surface area is 165 Å². The van der Waals surface area contributed by atoms with Crippen molar-refractivity contribution in [2.75, 3.05) is 26.7 Å². The zero-order valence-corrected chi connectivity index (χ0v) is 16.7. The third-order valence-corrected chi connectivity index (χ3v) is 6.40. The van der Waals surface area contributed by atoms with Gasteiger partial charge in [0.05, 0.1) is 10.9 Å². The fourth-order valence-corrected chi connectivity index (χ4v) is 4.91. The van der Waals surface area contributed by atoms with E-state index >= 15 is 0 Å². The van der Waals surface area contributed by atoms with Gasteiger partial charge in [0.25, 0.3) is 5.56 Å². The van der Waals surface area contributed by atoms with Crippen LogP contribution >= 0.6 is 0 Å². The Hall–Kier alpha value is -2.21. The summed E-state index contributed by atoms with van der Waals surface area (Å²) in [5.74, 6) is 1.30. The molecule has 150 valence electrons. The number of hydrogen-bond donors (Lipinski definition) is 1. The third kappa shape index (κ3) is 4.12. The highest BCUT2D eigenvalue weighted by Gasteiger charge is 2.33. The predicted molar refractivity (Wildman–Crippen MR) is 110 cm³/mol. The standard InChI is InChI=1S/C22H30N4O2/c1-25(15-16-7-6-14-26-13-5-4-10-19(16)26)21(27)12-11-20-23-18-9-3-2-8-17(18)22(28)24-20/h2-3,8-9,16,19H,4-7,10-15H2,1H3,(H,23,24,28). The quantitative estimate of drug-likeness (QED) is 0.863. The molecule has 2 unspecified atom stereocenters. The molecule has 0 aliphatic carbocycles. The molecule has 0 spiro atoms. The molecule has 2 atom stereocenters. The number of carbonyl (C=O) groups is 1. The first kappa shape index (κ1) is 19.1. The summed E-state index contributed by atoms with van der Waals surface area (Å²) in [6.45, 7) is 3.28. The average Bonchev–Trinajstić information content (AvgIpc) is 2.72. The van der Waals surface area contributed by atoms with Gasteiger partial charge in [-0.25, -0.2) is 4.98 Å². The van der Waals surface area contributed by atoms with E-state index in [1.165, 1.54) is 45.2 Å². The van der Waals surface area contributed by atoms with Gasteiger partial charge in [-0.05, 0) is 56.8 Å². The molecule has 1 amide bonds. The number of nitrogens with one attached hydrogen (secondary N) is 1. The van der Waals surface area contributed by atoms with Gasteiger partial charge >= 0.3 is 0 Å². The summed E-state index contributed by atoms with van der Waals surface area (Å²) in [7, 11) is 1.92. The lowest BCUT2D eigenvalue weighted by atomic mass is 9.83. The number of hydrogen-bond acceptors (Lipinski definition) is 4. The van der Waals surface area contributed by atoms with E-state index in [2.05, 4.69) is 14.9 Å². The lowest BCUT2D eigenvalue weighted by Crippen LogP contribution is -2.51. The summed E-state index contributed by atoms with van der Waals surface area (Å²) in [6.07, 6.45) is 7.20. The van der Waals surface area contributed by atoms with Crippen molar-refractivity contribution in [1.82, 2.24) is 19.8 Å². The number of para-hydroxylation sites is 1. The summed E-state index contributed by atoms with van der Waals surface area (Å²) in [5.41, 5.74) is 0.544. The molecule has 0 saturated carbocycles. The minimum Gasteiger partial charge on any atom is -0.345 e. The van der Waals surface area contributed by atoms with Gasteiger partial charge < -0.3 is 14.8 Å². The lowest BCUT2D eigenvalue weighted by Gasteiger charge is -2.45. The molecular formula is C22H30N4O2. The van der Waals surface area contributed by atoms with E-state index in [-0.39, 0.29) is 11.5 Å². The zero-order chi connectivity index (χ0) is 19.5. The van der Waals surface area contributed by atoms with E-state index in [0.29, 0.717) is 41.5 Å². The SMILES string of the molecule is CN(CC1CCCN2CCCCC12)C(=O)CCc1nc2ccccc2c(=O)[nH]1. The van der Waals surface area contributed by atoms with Crippen molar-refractivity contribution in [2.24, 2.45) is 5.92 Å². The van der Waals surface area contributed by atoms with E-state index in [4.69, 9.17) is 0 Å². The summed E-state index contributed by atoms with van der Waals surface area (Å²) in [5, 5.41) is 0.587. The van der Waals surface area contributed by atoms with Crippen molar-refractivity contribution in [3.63, 3.8) is 0 Å². The molecule has 1 N–H and O–H groups in total. The Morgan fingerprint density at radius 3 is 2.93 bits per heavy atom. The molecule has 0 bridgehead atoms. The Balaban J connectivity index is 1.35. The number of carbonyl (C=O) groups excluding carboxylic acids is 1. The van der Waals surface area contributed by atoms with Crippen LogP contribution in [0.2, 0.25) is 0 Å². The van der Waals surface area contributed by atoms with Crippen LogP contribution < -0.4 is 5.56 Å². The van der Waals surface area contributed by atoms with Crippen molar-refractivity contribution in [3.05, 3.63) is 40.4 Å². The van der Waals surface area contributed by atoms with Crippen LogP contribution in [0.25, 0.3) is 10.9 Å². The van der Waals surface area contributed by atoms with Gasteiger partial charge in [-0.1, -0.05) is 18.6 Å². The van der Waals surface area contributed by atoms with Gasteiger partial charge in [0.15, 0.2) is 0 Å². The Morgan fingerprint density at radius 2 is 2.04 bits per heavy atom. The molecule has 6 nitrogen and oxygen atoms in total. The highest BCUT2D eigenvalue weighted by Crippen LogP contribution is 2.31. The van der Waals surface area contributed by atoms with E-state index in [9.17, 15) is 9.59 Å². The normalized spacial score (nSPS) is 22.8. The maximum absolute atomic E-state index is 12.7. The topological polar surface area (TPSA) is 69.3 Å². The highest BCUT2D eigenvalue weighted by molar-refractivity contribution is 5.78. The number of piperidine rings is 2. The van der Waals surface area contributed by atoms with Crippen LogP contribution in [0.5, 0.6) is 0 Å². The van der Waals surface area contributed by atoms with Crippen LogP contribution in [0.4, 0.5) is 0 Å². The van der Waals surface area contributed by atoms with Crippen LogP contribution in [0, 0.1) is 5.92 Å². The number of aryl methyl sites for hydroxylation is 1. The van der Waals surface area contributed by atoms with Crippen LogP contribution in [-0.4, -0.2) is 58.4 Å². The number of nitrogens with zero attached hydrogens (tertiary/aromatic N) is 3. The van der Waals surface area contributed by atoms with E-state index in [1.807, 2.05) is 30.1 Å². The maximum atomic E-state index is 12.7. The fraction of sp³-hybridized carbons (Fsp3) is 0.591. The highest BCUT2D eigenvalue weighted by atomic mass is 16.2. The van der Waals surface area contributed by atoms with Crippen LogP contribution in [0.3, 0.4) is 0 Å². The third-order valence-electron chi connectivity index (χ3n) is 6.40. The van der Waals surface area contributed by atoms with Crippen molar-refractivity contribution < 1.29 is 4.79 Å². The molecule has 2 aliphatic rings. The minimum absolute atomic E-state index is 0.128. The first-order chi connectivity index (χ1) is 13.6. The molecule has 2 aliphatic heterocycles.